The van der Waals surface area contributed by atoms with Gasteiger partial charge in [0.15, 0.2) is 0 Å². The maximum absolute atomic E-state index is 5.18. The van der Waals surface area contributed by atoms with Gasteiger partial charge >= 0.3 is 0 Å². The Balaban J connectivity index is 2.73. The van der Waals surface area contributed by atoms with Crippen LogP contribution in [0.4, 0.5) is 5.82 Å². The van der Waals surface area contributed by atoms with E-state index in [1.165, 1.54) is 0 Å². The van der Waals surface area contributed by atoms with Gasteiger partial charge in [-0.1, -0.05) is 13.8 Å². The largest absolute Gasteiger partial charge is 0.383 e. The molecule has 0 bridgehead atoms. The summed E-state index contributed by atoms with van der Waals surface area (Å²) in [5, 5.41) is 3.35. The molecule has 1 unspecified atom stereocenters. The molecule has 0 aliphatic carbocycles. The lowest BCUT2D eigenvalue weighted by Gasteiger charge is -2.22. The van der Waals surface area contributed by atoms with Crippen LogP contribution in [0.15, 0.2) is 6.20 Å². The first-order valence-corrected chi connectivity index (χ1v) is 5.60. The number of anilines is 1. The van der Waals surface area contributed by atoms with Crippen molar-refractivity contribution in [3.05, 3.63) is 17.6 Å². The molecule has 0 spiro atoms. The van der Waals surface area contributed by atoms with Crippen LogP contribution in [0.25, 0.3) is 0 Å². The van der Waals surface area contributed by atoms with Gasteiger partial charge in [0.05, 0.1) is 30.2 Å². The molecule has 1 N–H and O–H groups in total. The highest BCUT2D eigenvalue weighted by Crippen LogP contribution is 2.11. The van der Waals surface area contributed by atoms with Crippen molar-refractivity contribution < 1.29 is 4.74 Å². The fraction of sp³-hybridized carbons (Fsp3) is 0.667. The Morgan fingerprint density at radius 1 is 1.31 bits per heavy atom. The van der Waals surface area contributed by atoms with Crippen LogP contribution >= 0.6 is 0 Å². The highest BCUT2D eigenvalue weighted by molar-refractivity contribution is 5.34. The summed E-state index contributed by atoms with van der Waals surface area (Å²) in [6.07, 6.45) is 1.77. The minimum Gasteiger partial charge on any atom is -0.383 e. The number of nitrogens with one attached hydrogen (secondary N) is 1. The van der Waals surface area contributed by atoms with Gasteiger partial charge in [-0.15, -0.1) is 0 Å². The highest BCUT2D eigenvalue weighted by Gasteiger charge is 2.13. The first-order chi connectivity index (χ1) is 7.54. The summed E-state index contributed by atoms with van der Waals surface area (Å²) >= 11 is 0. The predicted molar refractivity (Wildman–Crippen MR) is 65.6 cm³/mol. The summed E-state index contributed by atoms with van der Waals surface area (Å²) in [7, 11) is 1.71. The molecule has 16 heavy (non-hydrogen) atoms. The van der Waals surface area contributed by atoms with Crippen LogP contribution in [-0.4, -0.2) is 29.7 Å². The second-order valence-electron chi connectivity index (χ2n) is 4.38. The zero-order chi connectivity index (χ0) is 12.1. The molecule has 0 fully saturated rings. The van der Waals surface area contributed by atoms with Gasteiger partial charge in [0, 0.05) is 7.11 Å². The Hall–Kier alpha value is -1.16. The van der Waals surface area contributed by atoms with Gasteiger partial charge in [-0.3, -0.25) is 4.98 Å². The molecule has 90 valence electrons. The molecule has 0 radical (unpaired) electrons. The van der Waals surface area contributed by atoms with Gasteiger partial charge < -0.3 is 10.1 Å². The number of aromatic nitrogens is 2. The van der Waals surface area contributed by atoms with Crippen LogP contribution in [0, 0.1) is 19.8 Å². The molecule has 4 nitrogen and oxygen atoms in total. The van der Waals surface area contributed by atoms with E-state index in [0.29, 0.717) is 12.5 Å². The highest BCUT2D eigenvalue weighted by atomic mass is 16.5. The SMILES string of the molecule is COCC(Nc1cnc(C)c(C)n1)C(C)C. The average Bonchev–Trinajstić information content (AvgIpc) is 2.22. The van der Waals surface area contributed by atoms with E-state index in [1.807, 2.05) is 13.8 Å². The van der Waals surface area contributed by atoms with E-state index in [4.69, 9.17) is 4.74 Å². The molecule has 1 aromatic heterocycles. The zero-order valence-electron chi connectivity index (χ0n) is 10.7. The maximum atomic E-state index is 5.18. The second kappa shape index (κ2) is 5.80. The van der Waals surface area contributed by atoms with Gasteiger partial charge in [-0.05, 0) is 19.8 Å². The lowest BCUT2D eigenvalue weighted by Crippen LogP contribution is -2.31. The van der Waals surface area contributed by atoms with E-state index in [-0.39, 0.29) is 6.04 Å². The topological polar surface area (TPSA) is 47.0 Å². The zero-order valence-corrected chi connectivity index (χ0v) is 10.7. The van der Waals surface area contributed by atoms with Crippen LogP contribution < -0.4 is 5.32 Å². The van der Waals surface area contributed by atoms with E-state index in [9.17, 15) is 0 Å². The van der Waals surface area contributed by atoms with Crippen molar-refractivity contribution in [2.75, 3.05) is 19.0 Å². The standard InChI is InChI=1S/C12H21N3O/c1-8(2)11(7-16-5)15-12-6-13-9(3)10(4)14-12/h6,8,11H,7H2,1-5H3,(H,14,15). The Kier molecular flexibility index (Phi) is 4.68. The van der Waals surface area contributed by atoms with Gasteiger partial charge in [0.2, 0.25) is 0 Å². The normalized spacial score (nSPS) is 12.9. The Bertz CT molecular complexity index is 339. The number of methoxy groups -OCH3 is 1. The third-order valence-electron chi connectivity index (χ3n) is 2.68. The van der Waals surface area contributed by atoms with Gasteiger partial charge in [0.25, 0.3) is 0 Å². The molecule has 0 aliphatic heterocycles. The lowest BCUT2D eigenvalue weighted by molar-refractivity contribution is 0.171. The van der Waals surface area contributed by atoms with E-state index in [2.05, 4.69) is 29.1 Å². The van der Waals surface area contributed by atoms with E-state index >= 15 is 0 Å². The number of ether oxygens (including phenoxy) is 1. The number of nitrogens with zero attached hydrogens (tertiary/aromatic N) is 2. The van der Waals surface area contributed by atoms with Gasteiger partial charge in [-0.25, -0.2) is 4.98 Å². The second-order valence-corrected chi connectivity index (χ2v) is 4.38. The van der Waals surface area contributed by atoms with Crippen molar-refractivity contribution in [3.8, 4) is 0 Å². The Morgan fingerprint density at radius 3 is 2.50 bits per heavy atom. The summed E-state index contributed by atoms with van der Waals surface area (Å²) in [5.74, 6) is 1.31. The number of hydrogen-bond donors (Lipinski definition) is 1. The van der Waals surface area contributed by atoms with E-state index in [0.717, 1.165) is 17.2 Å². The Labute approximate surface area is 97.5 Å². The fourth-order valence-corrected chi connectivity index (χ4v) is 1.38. The summed E-state index contributed by atoms with van der Waals surface area (Å²) in [5.41, 5.74) is 1.93. The summed E-state index contributed by atoms with van der Waals surface area (Å²) in [4.78, 5) is 8.73. The first kappa shape index (κ1) is 12.9. The summed E-state index contributed by atoms with van der Waals surface area (Å²) < 4.78 is 5.18. The fourth-order valence-electron chi connectivity index (χ4n) is 1.38. The molecular weight excluding hydrogens is 202 g/mol. The first-order valence-electron chi connectivity index (χ1n) is 5.60. The molecule has 1 rings (SSSR count). The van der Waals surface area contributed by atoms with Crippen molar-refractivity contribution >= 4 is 5.82 Å². The summed E-state index contributed by atoms with van der Waals surface area (Å²) in [6, 6.07) is 0.265. The van der Waals surface area contributed by atoms with E-state index < -0.39 is 0 Å². The number of aryl methyl sites for hydroxylation is 2. The van der Waals surface area contributed by atoms with Gasteiger partial charge in [0.1, 0.15) is 5.82 Å². The Morgan fingerprint density at radius 2 is 2.00 bits per heavy atom. The molecule has 1 atom stereocenters. The van der Waals surface area contributed by atoms with Crippen molar-refractivity contribution in [1.82, 2.24) is 9.97 Å². The predicted octanol–water partition coefficient (Wildman–Crippen LogP) is 2.18. The van der Waals surface area contributed by atoms with Crippen LogP contribution in [0.3, 0.4) is 0 Å². The molecule has 0 saturated heterocycles. The third-order valence-corrected chi connectivity index (χ3v) is 2.68. The minimum absolute atomic E-state index is 0.265. The average molecular weight is 223 g/mol. The molecule has 1 aromatic rings. The number of rotatable bonds is 5. The molecule has 0 aliphatic rings. The van der Waals surface area contributed by atoms with Crippen molar-refractivity contribution in [2.24, 2.45) is 5.92 Å². The quantitative estimate of drug-likeness (QED) is 0.831. The van der Waals surface area contributed by atoms with E-state index in [1.54, 1.807) is 13.3 Å². The molecular formula is C12H21N3O. The lowest BCUT2D eigenvalue weighted by atomic mass is 10.1. The molecule has 0 saturated carbocycles. The minimum atomic E-state index is 0.265. The monoisotopic (exact) mass is 223 g/mol. The molecule has 0 amide bonds. The van der Waals surface area contributed by atoms with Gasteiger partial charge in [-0.2, -0.15) is 0 Å². The molecule has 4 heteroatoms. The van der Waals surface area contributed by atoms with Crippen molar-refractivity contribution in [2.45, 2.75) is 33.7 Å². The third kappa shape index (κ3) is 3.45. The van der Waals surface area contributed by atoms with Crippen molar-refractivity contribution in [1.29, 1.82) is 0 Å². The molecule has 1 heterocycles. The van der Waals surface area contributed by atoms with Crippen molar-refractivity contribution in [3.63, 3.8) is 0 Å². The molecule has 0 aromatic carbocycles. The van der Waals surface area contributed by atoms with Crippen LogP contribution in [-0.2, 0) is 4.74 Å². The van der Waals surface area contributed by atoms with Crippen LogP contribution in [0.1, 0.15) is 25.2 Å². The smallest absolute Gasteiger partial charge is 0.145 e. The van der Waals surface area contributed by atoms with Crippen LogP contribution in [0.5, 0.6) is 0 Å². The maximum Gasteiger partial charge on any atom is 0.145 e. The van der Waals surface area contributed by atoms with Crippen LogP contribution in [0.2, 0.25) is 0 Å². The number of hydrogen-bond acceptors (Lipinski definition) is 4. The summed E-state index contributed by atoms with van der Waals surface area (Å²) in [6.45, 7) is 8.91.